The van der Waals surface area contributed by atoms with Crippen molar-refractivity contribution in [2.75, 3.05) is 0 Å². The quantitative estimate of drug-likeness (QED) is 0.494. The Labute approximate surface area is 129 Å². The van der Waals surface area contributed by atoms with Crippen LogP contribution in [0.5, 0.6) is 17.6 Å². The molecule has 3 N–H and O–H groups in total. The van der Waals surface area contributed by atoms with E-state index in [1.807, 2.05) is 6.07 Å². The van der Waals surface area contributed by atoms with Crippen LogP contribution in [0.1, 0.15) is 0 Å². The van der Waals surface area contributed by atoms with E-state index in [2.05, 4.69) is 26.0 Å². The molecule has 0 bridgehead atoms. The van der Waals surface area contributed by atoms with Crippen LogP contribution < -0.4 is 0 Å². The average molecular weight is 305 g/mol. The summed E-state index contributed by atoms with van der Waals surface area (Å²) in [5.41, 5.74) is 3.30. The lowest BCUT2D eigenvalue weighted by Gasteiger charge is -2.07. The summed E-state index contributed by atoms with van der Waals surface area (Å²) in [5.74, 6) is -1.24. The Morgan fingerprint density at radius 3 is 2.52 bits per heavy atom. The van der Waals surface area contributed by atoms with Gasteiger partial charge in [-0.2, -0.15) is 0 Å². The van der Waals surface area contributed by atoms with E-state index in [4.69, 9.17) is 0 Å². The lowest BCUT2D eigenvalue weighted by Crippen LogP contribution is -1.90. The van der Waals surface area contributed by atoms with Gasteiger partial charge in [0.1, 0.15) is 5.52 Å². The predicted molar refractivity (Wildman–Crippen MR) is 81.9 cm³/mol. The molecular weight excluding hydrogens is 296 g/mol. The maximum Gasteiger partial charge on any atom is 0.276 e. The minimum Gasteiger partial charge on any atom is -0.492 e. The lowest BCUT2D eigenvalue weighted by molar-refractivity contribution is 0.378. The summed E-state index contributed by atoms with van der Waals surface area (Å²) in [6.45, 7) is 0. The topological polar surface area (TPSA) is 112 Å². The lowest BCUT2D eigenvalue weighted by atomic mass is 10.0. The first-order valence-corrected chi connectivity index (χ1v) is 6.68. The van der Waals surface area contributed by atoms with Gasteiger partial charge in [0.25, 0.3) is 11.8 Å². The Morgan fingerprint density at radius 1 is 0.826 bits per heavy atom. The van der Waals surface area contributed by atoms with Crippen LogP contribution in [0, 0.1) is 6.07 Å². The Hall–Kier alpha value is -3.48. The first-order valence-electron chi connectivity index (χ1n) is 6.68. The second-order valence-corrected chi connectivity index (χ2v) is 4.89. The third-order valence-corrected chi connectivity index (χ3v) is 3.41. The third-order valence-electron chi connectivity index (χ3n) is 3.41. The van der Waals surface area contributed by atoms with Crippen LogP contribution in [0.3, 0.4) is 0 Å². The molecule has 1 radical (unpaired) electrons. The number of hydrogen-bond donors (Lipinski definition) is 3. The second kappa shape index (κ2) is 4.77. The van der Waals surface area contributed by atoms with Gasteiger partial charge in [0.2, 0.25) is 5.88 Å². The van der Waals surface area contributed by atoms with Gasteiger partial charge in [-0.25, -0.2) is 19.9 Å². The van der Waals surface area contributed by atoms with Crippen LogP contribution in [0.4, 0.5) is 0 Å². The van der Waals surface area contributed by atoms with E-state index in [1.165, 1.54) is 6.20 Å². The predicted octanol–water partition coefficient (Wildman–Crippen LogP) is 2.16. The fourth-order valence-electron chi connectivity index (χ4n) is 2.38. The van der Waals surface area contributed by atoms with Gasteiger partial charge >= 0.3 is 0 Å². The molecule has 2 aromatic carbocycles. The molecule has 0 aliphatic heterocycles. The van der Waals surface area contributed by atoms with E-state index in [0.29, 0.717) is 27.6 Å². The van der Waals surface area contributed by atoms with Crippen molar-refractivity contribution < 1.29 is 15.3 Å². The monoisotopic (exact) mass is 305 g/mol. The summed E-state index contributed by atoms with van der Waals surface area (Å²) in [6, 6.07) is 11.6. The minimum absolute atomic E-state index is 0.168. The van der Waals surface area contributed by atoms with Gasteiger partial charge in [0.15, 0.2) is 0 Å². The number of aromatic nitrogens is 4. The largest absolute Gasteiger partial charge is 0.492 e. The van der Waals surface area contributed by atoms with Crippen LogP contribution in [0.15, 0.2) is 36.5 Å². The van der Waals surface area contributed by atoms with Gasteiger partial charge < -0.3 is 15.3 Å². The van der Waals surface area contributed by atoms with E-state index >= 15 is 0 Å². The summed E-state index contributed by atoms with van der Waals surface area (Å²) < 4.78 is 0. The molecule has 4 aromatic rings. The van der Waals surface area contributed by atoms with Gasteiger partial charge in [0.05, 0.1) is 22.7 Å². The summed E-state index contributed by atoms with van der Waals surface area (Å²) in [7, 11) is 0. The molecule has 0 aliphatic rings. The summed E-state index contributed by atoms with van der Waals surface area (Å²) >= 11 is 0. The van der Waals surface area contributed by atoms with Crippen molar-refractivity contribution in [1.82, 2.24) is 19.9 Å². The SMILES string of the molecule is Oc1cnc2ccc(-c3[c]ccc4nc(O)c(O)nc34)cc2n1. The number of benzene rings is 2. The van der Waals surface area contributed by atoms with E-state index in [0.717, 1.165) is 5.56 Å². The Morgan fingerprint density at radius 2 is 1.65 bits per heavy atom. The van der Waals surface area contributed by atoms with Crippen molar-refractivity contribution in [2.24, 2.45) is 0 Å². The van der Waals surface area contributed by atoms with Gasteiger partial charge in [-0.15, -0.1) is 0 Å². The molecular formula is C16H9N4O3. The Kier molecular flexibility index (Phi) is 2.74. The molecule has 2 aromatic heterocycles. The smallest absolute Gasteiger partial charge is 0.276 e. The molecule has 7 heteroatoms. The fraction of sp³-hybridized carbons (Fsp3) is 0. The number of fused-ring (bicyclic) bond motifs is 2. The van der Waals surface area contributed by atoms with E-state index in [9.17, 15) is 15.3 Å². The van der Waals surface area contributed by atoms with Crippen molar-refractivity contribution >= 4 is 22.1 Å². The standard InChI is InChI=1S/C16H9N4O3/c21-13-7-17-10-5-4-8(6-12(10)18-13)9-2-1-3-11-14(9)20-16(23)15(22)19-11/h1,3-7H,(H,18,21)(H,19,22)(H,20,23). The molecule has 0 saturated carbocycles. The molecule has 111 valence electrons. The molecule has 0 saturated heterocycles. The highest BCUT2D eigenvalue weighted by Gasteiger charge is 2.12. The van der Waals surface area contributed by atoms with Gasteiger partial charge in [-0.1, -0.05) is 12.1 Å². The Balaban J connectivity index is 2.00. The van der Waals surface area contributed by atoms with Crippen molar-refractivity contribution in [3.05, 3.63) is 42.6 Å². The van der Waals surface area contributed by atoms with Crippen molar-refractivity contribution in [1.29, 1.82) is 0 Å². The molecule has 4 rings (SSSR count). The van der Waals surface area contributed by atoms with Crippen molar-refractivity contribution in [3.63, 3.8) is 0 Å². The molecule has 0 fully saturated rings. The summed E-state index contributed by atoms with van der Waals surface area (Å²) in [4.78, 5) is 16.0. The van der Waals surface area contributed by atoms with Crippen molar-refractivity contribution in [2.45, 2.75) is 0 Å². The Bertz CT molecular complexity index is 1070. The highest BCUT2D eigenvalue weighted by molar-refractivity contribution is 5.94. The van der Waals surface area contributed by atoms with E-state index < -0.39 is 11.8 Å². The molecule has 0 amide bonds. The van der Waals surface area contributed by atoms with Crippen molar-refractivity contribution in [3.8, 4) is 28.8 Å². The molecule has 0 aliphatic carbocycles. The molecule has 2 heterocycles. The molecule has 7 nitrogen and oxygen atoms in total. The maximum absolute atomic E-state index is 9.60. The first-order chi connectivity index (χ1) is 11.1. The maximum atomic E-state index is 9.60. The molecule has 0 spiro atoms. The first kappa shape index (κ1) is 13.2. The van der Waals surface area contributed by atoms with Crippen LogP contribution in [-0.4, -0.2) is 35.3 Å². The average Bonchev–Trinajstić information content (AvgIpc) is 2.55. The number of nitrogens with zero attached hydrogens (tertiary/aromatic N) is 4. The second-order valence-electron chi connectivity index (χ2n) is 4.89. The van der Waals surface area contributed by atoms with Gasteiger partial charge in [0, 0.05) is 5.56 Å². The van der Waals surface area contributed by atoms with Crippen LogP contribution >= 0.6 is 0 Å². The fourth-order valence-corrected chi connectivity index (χ4v) is 2.38. The van der Waals surface area contributed by atoms with E-state index in [-0.39, 0.29) is 5.88 Å². The number of aromatic hydroxyl groups is 3. The van der Waals surface area contributed by atoms with Crippen LogP contribution in [0.2, 0.25) is 0 Å². The number of hydrogen-bond acceptors (Lipinski definition) is 7. The molecule has 0 unspecified atom stereocenters. The minimum atomic E-state index is -0.545. The normalized spacial score (nSPS) is 11.1. The van der Waals surface area contributed by atoms with Gasteiger partial charge in [-0.3, -0.25) is 0 Å². The van der Waals surface area contributed by atoms with Crippen LogP contribution in [-0.2, 0) is 0 Å². The zero-order valence-electron chi connectivity index (χ0n) is 11.6. The molecule has 23 heavy (non-hydrogen) atoms. The summed E-state index contributed by atoms with van der Waals surface area (Å²) in [5, 5.41) is 28.5. The van der Waals surface area contributed by atoms with Gasteiger partial charge in [-0.05, 0) is 29.8 Å². The van der Waals surface area contributed by atoms with Crippen LogP contribution in [0.25, 0.3) is 33.2 Å². The zero-order valence-corrected chi connectivity index (χ0v) is 11.6. The molecule has 0 atom stereocenters. The zero-order chi connectivity index (χ0) is 16.0. The highest BCUT2D eigenvalue weighted by atomic mass is 16.3. The summed E-state index contributed by atoms with van der Waals surface area (Å²) in [6.07, 6.45) is 1.28. The van der Waals surface area contributed by atoms with E-state index in [1.54, 1.807) is 24.3 Å². The number of rotatable bonds is 1. The highest BCUT2D eigenvalue weighted by Crippen LogP contribution is 2.31. The third kappa shape index (κ3) is 2.15.